The van der Waals surface area contributed by atoms with Crippen LogP contribution in [0.25, 0.3) is 5.69 Å². The number of ether oxygens (including phenoxy) is 1. The summed E-state index contributed by atoms with van der Waals surface area (Å²) in [6.07, 6.45) is 1.22. The molecule has 0 bridgehead atoms. The summed E-state index contributed by atoms with van der Waals surface area (Å²) >= 11 is 0. The molecule has 158 valence electrons. The van der Waals surface area contributed by atoms with Gasteiger partial charge in [-0.2, -0.15) is 0 Å². The lowest BCUT2D eigenvalue weighted by molar-refractivity contribution is 0.0697. The number of aromatic carboxylic acids is 1. The predicted octanol–water partition coefficient (Wildman–Crippen LogP) is 4.43. The number of halogens is 2. The molecule has 0 aliphatic heterocycles. The van der Waals surface area contributed by atoms with Crippen LogP contribution in [0.2, 0.25) is 0 Å². The molecular formula is C22H22F2N2O4. The third kappa shape index (κ3) is 4.89. The van der Waals surface area contributed by atoms with Crippen molar-refractivity contribution in [1.29, 1.82) is 0 Å². The lowest BCUT2D eigenvalue weighted by Crippen LogP contribution is -2.23. The third-order valence-corrected chi connectivity index (χ3v) is 4.25. The van der Waals surface area contributed by atoms with Gasteiger partial charge < -0.3 is 9.84 Å². The van der Waals surface area contributed by atoms with Crippen molar-refractivity contribution in [1.82, 2.24) is 9.55 Å². The number of aromatic nitrogens is 2. The van der Waals surface area contributed by atoms with Crippen molar-refractivity contribution < 1.29 is 23.4 Å². The van der Waals surface area contributed by atoms with Crippen LogP contribution in [-0.4, -0.2) is 20.6 Å². The number of rotatable bonds is 5. The third-order valence-electron chi connectivity index (χ3n) is 4.25. The molecular weight excluding hydrogens is 394 g/mol. The van der Waals surface area contributed by atoms with Crippen molar-refractivity contribution in [2.24, 2.45) is 0 Å². The van der Waals surface area contributed by atoms with E-state index >= 15 is 0 Å². The Balaban J connectivity index is 0.00000155. The number of carboxylic acid groups (broad SMARTS) is 1. The zero-order valence-corrected chi connectivity index (χ0v) is 17.1. The van der Waals surface area contributed by atoms with Gasteiger partial charge in [0.05, 0.1) is 16.8 Å². The molecule has 0 fully saturated rings. The summed E-state index contributed by atoms with van der Waals surface area (Å²) in [6, 6.07) is 7.54. The van der Waals surface area contributed by atoms with Crippen LogP contribution in [0.1, 0.15) is 40.9 Å². The zero-order chi connectivity index (χ0) is 22.4. The molecule has 0 amide bonds. The Hall–Kier alpha value is -3.55. The van der Waals surface area contributed by atoms with E-state index in [9.17, 15) is 18.4 Å². The zero-order valence-electron chi connectivity index (χ0n) is 17.1. The van der Waals surface area contributed by atoms with E-state index in [1.165, 1.54) is 36.0 Å². The van der Waals surface area contributed by atoms with Gasteiger partial charge in [-0.25, -0.2) is 18.6 Å². The Labute approximate surface area is 172 Å². The highest BCUT2D eigenvalue weighted by Crippen LogP contribution is 2.18. The average Bonchev–Trinajstić information content (AvgIpc) is 2.72. The fourth-order valence-electron chi connectivity index (χ4n) is 2.64. The highest BCUT2D eigenvalue weighted by Gasteiger charge is 2.14. The molecule has 0 aliphatic carbocycles. The summed E-state index contributed by atoms with van der Waals surface area (Å²) in [5.74, 6) is -2.55. The highest BCUT2D eigenvalue weighted by atomic mass is 19.1. The van der Waals surface area contributed by atoms with E-state index in [0.717, 1.165) is 12.1 Å². The maximum Gasteiger partial charge on any atom is 0.335 e. The van der Waals surface area contributed by atoms with Crippen LogP contribution < -0.4 is 10.3 Å². The molecule has 0 atom stereocenters. The Kier molecular flexibility index (Phi) is 7.41. The molecule has 0 aliphatic rings. The van der Waals surface area contributed by atoms with Gasteiger partial charge in [0.1, 0.15) is 24.6 Å². The molecule has 0 unspecified atom stereocenters. The van der Waals surface area contributed by atoms with E-state index in [4.69, 9.17) is 9.84 Å². The van der Waals surface area contributed by atoms with E-state index < -0.39 is 23.2 Å². The monoisotopic (exact) mass is 416 g/mol. The predicted molar refractivity (Wildman–Crippen MR) is 108 cm³/mol. The molecule has 1 N–H and O–H groups in total. The number of hydrogen-bond acceptors (Lipinski definition) is 4. The second kappa shape index (κ2) is 9.78. The first kappa shape index (κ1) is 22.7. The number of carbonyl (C=O) groups is 1. The molecule has 0 saturated carbocycles. The minimum atomic E-state index is -1.11. The standard InChI is InChI=1S/C20H16F2N2O4.C2H6/c1-11-3-4-13(20(26)27)7-17(11)24-10-23-18(12(2)19(24)25)28-9-14-5-6-15(21)8-16(14)22;1-2/h3-8,10H,9H2,1-2H3,(H,26,27);1-2H3. The van der Waals surface area contributed by atoms with Gasteiger partial charge in [0.2, 0.25) is 5.88 Å². The molecule has 6 nitrogen and oxygen atoms in total. The van der Waals surface area contributed by atoms with Gasteiger partial charge in [-0.1, -0.05) is 19.9 Å². The summed E-state index contributed by atoms with van der Waals surface area (Å²) in [5.41, 5.74) is 0.960. The molecule has 1 heterocycles. The Morgan fingerprint density at radius 1 is 1.13 bits per heavy atom. The first-order valence-corrected chi connectivity index (χ1v) is 9.27. The number of carboxylic acids is 1. The van der Waals surface area contributed by atoms with Gasteiger partial charge >= 0.3 is 5.97 Å². The second-order valence-electron chi connectivity index (χ2n) is 6.18. The minimum absolute atomic E-state index is 0.0111. The summed E-state index contributed by atoms with van der Waals surface area (Å²) < 4.78 is 33.3. The normalized spacial score (nSPS) is 10.2. The first-order chi connectivity index (χ1) is 14.3. The Morgan fingerprint density at radius 3 is 2.47 bits per heavy atom. The lowest BCUT2D eigenvalue weighted by Gasteiger charge is -2.13. The number of benzene rings is 2. The molecule has 3 rings (SSSR count). The summed E-state index contributed by atoms with van der Waals surface area (Å²) in [4.78, 5) is 28.0. The number of hydrogen-bond donors (Lipinski definition) is 1. The quantitative estimate of drug-likeness (QED) is 0.665. The SMILES string of the molecule is CC.Cc1ccc(C(=O)O)cc1-n1cnc(OCc2ccc(F)cc2F)c(C)c1=O. The van der Waals surface area contributed by atoms with Gasteiger partial charge in [-0.15, -0.1) is 0 Å². The van der Waals surface area contributed by atoms with Gasteiger partial charge in [-0.3, -0.25) is 9.36 Å². The molecule has 0 saturated heterocycles. The van der Waals surface area contributed by atoms with Gasteiger partial charge in [-0.05, 0) is 43.7 Å². The molecule has 2 aromatic carbocycles. The molecule has 3 aromatic rings. The summed E-state index contributed by atoms with van der Waals surface area (Å²) in [7, 11) is 0. The van der Waals surface area contributed by atoms with Crippen molar-refractivity contribution >= 4 is 5.97 Å². The molecule has 30 heavy (non-hydrogen) atoms. The Bertz CT molecular complexity index is 1130. The van der Waals surface area contributed by atoms with Crippen LogP contribution in [0.3, 0.4) is 0 Å². The molecule has 1 aromatic heterocycles. The summed E-state index contributed by atoms with van der Waals surface area (Å²) in [6.45, 7) is 7.01. The second-order valence-corrected chi connectivity index (χ2v) is 6.18. The smallest absolute Gasteiger partial charge is 0.335 e. The Morgan fingerprint density at radius 2 is 1.83 bits per heavy atom. The van der Waals surface area contributed by atoms with Crippen molar-refractivity contribution in [2.45, 2.75) is 34.3 Å². The van der Waals surface area contributed by atoms with Crippen LogP contribution in [0.5, 0.6) is 5.88 Å². The van der Waals surface area contributed by atoms with Crippen LogP contribution in [0.15, 0.2) is 47.5 Å². The minimum Gasteiger partial charge on any atom is -0.478 e. The fraction of sp³-hybridized carbons (Fsp3) is 0.227. The van der Waals surface area contributed by atoms with E-state index in [2.05, 4.69) is 4.98 Å². The number of nitrogens with zero attached hydrogens (tertiary/aromatic N) is 2. The van der Waals surface area contributed by atoms with Crippen molar-refractivity contribution in [3.63, 3.8) is 0 Å². The molecule has 0 spiro atoms. The molecule has 0 radical (unpaired) electrons. The summed E-state index contributed by atoms with van der Waals surface area (Å²) in [5, 5.41) is 9.16. The topological polar surface area (TPSA) is 81.4 Å². The average molecular weight is 416 g/mol. The van der Waals surface area contributed by atoms with E-state index in [-0.39, 0.29) is 29.2 Å². The van der Waals surface area contributed by atoms with Crippen molar-refractivity contribution in [3.05, 3.63) is 87.0 Å². The lowest BCUT2D eigenvalue weighted by atomic mass is 10.1. The largest absolute Gasteiger partial charge is 0.478 e. The molecule has 8 heteroatoms. The number of aryl methyl sites for hydroxylation is 1. The maximum atomic E-state index is 13.7. The van der Waals surface area contributed by atoms with Crippen LogP contribution in [0, 0.1) is 25.5 Å². The van der Waals surface area contributed by atoms with Gasteiger partial charge in [0.25, 0.3) is 5.56 Å². The van der Waals surface area contributed by atoms with Crippen LogP contribution in [0.4, 0.5) is 8.78 Å². The van der Waals surface area contributed by atoms with Gasteiger partial charge in [0.15, 0.2) is 0 Å². The van der Waals surface area contributed by atoms with Crippen molar-refractivity contribution in [3.8, 4) is 11.6 Å². The first-order valence-electron chi connectivity index (χ1n) is 9.27. The highest BCUT2D eigenvalue weighted by molar-refractivity contribution is 5.88. The van der Waals surface area contributed by atoms with E-state index in [1.54, 1.807) is 13.0 Å². The van der Waals surface area contributed by atoms with Crippen LogP contribution in [-0.2, 0) is 6.61 Å². The van der Waals surface area contributed by atoms with E-state index in [0.29, 0.717) is 11.3 Å². The van der Waals surface area contributed by atoms with Gasteiger partial charge in [0, 0.05) is 11.6 Å². The van der Waals surface area contributed by atoms with E-state index in [1.807, 2.05) is 13.8 Å². The van der Waals surface area contributed by atoms with Crippen LogP contribution >= 0.6 is 0 Å². The fourth-order valence-corrected chi connectivity index (χ4v) is 2.64. The van der Waals surface area contributed by atoms with Crippen molar-refractivity contribution in [2.75, 3.05) is 0 Å². The maximum absolute atomic E-state index is 13.7.